The van der Waals surface area contributed by atoms with Crippen LogP contribution in [-0.4, -0.2) is 60.5 Å². The molecule has 2 heterocycles. The van der Waals surface area contributed by atoms with Crippen molar-refractivity contribution in [2.24, 2.45) is 0 Å². The number of likely N-dealkylation sites (tertiary alicyclic amines) is 1. The smallest absolute Gasteiger partial charge is 0.256 e. The zero-order valence-electron chi connectivity index (χ0n) is 9.81. The number of carbonyl (C=O) groups excluding carboxylic acids is 2. The average molecular weight is 237 g/mol. The highest BCUT2D eigenvalue weighted by molar-refractivity contribution is 5.99. The average Bonchev–Trinajstić information content (AvgIpc) is 2.32. The topological polar surface area (TPSA) is 73.6 Å². The number of amides is 2. The van der Waals surface area contributed by atoms with E-state index in [0.717, 1.165) is 4.90 Å². The first kappa shape index (κ1) is 12.0. The number of morpholine rings is 1. The molecule has 2 fully saturated rings. The summed E-state index contributed by atoms with van der Waals surface area (Å²) in [7, 11) is 1.96. The van der Waals surface area contributed by atoms with Crippen LogP contribution in [-0.2, 0) is 14.3 Å². The maximum Gasteiger partial charge on any atom is 0.256 e. The highest BCUT2D eigenvalue weighted by Crippen LogP contribution is 2.29. The first-order valence-corrected chi connectivity index (χ1v) is 5.62. The molecule has 0 aromatic rings. The summed E-state index contributed by atoms with van der Waals surface area (Å²) >= 11 is 0. The van der Waals surface area contributed by atoms with E-state index in [0.29, 0.717) is 25.9 Å². The minimum Gasteiger partial charge on any atom is -0.362 e. The zero-order chi connectivity index (χ0) is 12.5. The van der Waals surface area contributed by atoms with Gasteiger partial charge in [-0.3, -0.25) is 14.5 Å². The van der Waals surface area contributed by atoms with Gasteiger partial charge in [0, 0.05) is 13.1 Å². The summed E-state index contributed by atoms with van der Waals surface area (Å²) < 4.78 is 4.87. The quantitative estimate of drug-likeness (QED) is 0.567. The summed E-state index contributed by atoms with van der Waals surface area (Å²) in [4.78, 5) is 26.7. The van der Waals surface area contributed by atoms with Gasteiger partial charge in [0.25, 0.3) is 11.8 Å². The third-order valence-corrected chi connectivity index (χ3v) is 3.40. The Hall–Kier alpha value is -1.45. The summed E-state index contributed by atoms with van der Waals surface area (Å²) in [5.41, 5.74) is -0.968. The third kappa shape index (κ3) is 2.04. The van der Waals surface area contributed by atoms with Crippen LogP contribution in [0.2, 0.25) is 0 Å². The summed E-state index contributed by atoms with van der Waals surface area (Å²) in [5.74, 6) is -0.792. The second kappa shape index (κ2) is 4.43. The SMILES string of the molecule is CN1CCC(C#N)(N2C(=O)COCC2=O)CC1. The van der Waals surface area contributed by atoms with Crippen molar-refractivity contribution in [2.45, 2.75) is 18.4 Å². The Kier molecular flexibility index (Phi) is 3.13. The number of nitriles is 1. The Morgan fingerprint density at radius 1 is 1.24 bits per heavy atom. The largest absolute Gasteiger partial charge is 0.362 e. The summed E-state index contributed by atoms with van der Waals surface area (Å²) in [5, 5.41) is 9.36. The van der Waals surface area contributed by atoms with Crippen molar-refractivity contribution in [3.05, 3.63) is 0 Å². The standard InChI is InChI=1S/C11H15N3O3/c1-13-4-2-11(8-12,3-5-13)14-9(15)6-17-7-10(14)16/h2-7H2,1H3. The van der Waals surface area contributed by atoms with Crippen molar-refractivity contribution >= 4 is 11.8 Å². The molecule has 0 aromatic carbocycles. The van der Waals surface area contributed by atoms with E-state index in [4.69, 9.17) is 4.74 Å². The van der Waals surface area contributed by atoms with Crippen molar-refractivity contribution in [3.8, 4) is 6.07 Å². The molecule has 0 bridgehead atoms. The number of ether oxygens (including phenoxy) is 1. The molecule has 2 amide bonds. The molecule has 92 valence electrons. The second-order valence-electron chi connectivity index (χ2n) is 4.56. The molecule has 0 saturated carbocycles. The van der Waals surface area contributed by atoms with Crippen molar-refractivity contribution in [3.63, 3.8) is 0 Å². The molecule has 2 rings (SSSR count). The van der Waals surface area contributed by atoms with Gasteiger partial charge in [-0.2, -0.15) is 5.26 Å². The van der Waals surface area contributed by atoms with Crippen LogP contribution >= 0.6 is 0 Å². The van der Waals surface area contributed by atoms with E-state index < -0.39 is 17.4 Å². The van der Waals surface area contributed by atoms with Gasteiger partial charge < -0.3 is 9.64 Å². The Labute approximate surface area is 99.7 Å². The first-order chi connectivity index (χ1) is 8.09. The van der Waals surface area contributed by atoms with E-state index in [1.807, 2.05) is 7.05 Å². The van der Waals surface area contributed by atoms with E-state index >= 15 is 0 Å². The summed E-state index contributed by atoms with van der Waals surface area (Å²) in [6.45, 7) is 1.22. The predicted molar refractivity (Wildman–Crippen MR) is 57.7 cm³/mol. The van der Waals surface area contributed by atoms with E-state index in [2.05, 4.69) is 11.0 Å². The zero-order valence-corrected chi connectivity index (χ0v) is 9.81. The van der Waals surface area contributed by atoms with Crippen molar-refractivity contribution in [1.29, 1.82) is 5.26 Å². The van der Waals surface area contributed by atoms with Gasteiger partial charge in [0.2, 0.25) is 0 Å². The van der Waals surface area contributed by atoms with Gasteiger partial charge in [-0.15, -0.1) is 0 Å². The number of nitrogens with zero attached hydrogens (tertiary/aromatic N) is 3. The Morgan fingerprint density at radius 3 is 2.24 bits per heavy atom. The molecule has 0 aromatic heterocycles. The van der Waals surface area contributed by atoms with Crippen LogP contribution in [0.15, 0.2) is 0 Å². The van der Waals surface area contributed by atoms with Gasteiger partial charge in [0.05, 0.1) is 6.07 Å². The van der Waals surface area contributed by atoms with E-state index in [-0.39, 0.29) is 13.2 Å². The fourth-order valence-electron chi connectivity index (χ4n) is 2.35. The summed E-state index contributed by atoms with van der Waals surface area (Å²) in [6, 6.07) is 2.17. The number of hydrogen-bond donors (Lipinski definition) is 0. The third-order valence-electron chi connectivity index (χ3n) is 3.40. The minimum atomic E-state index is -0.968. The van der Waals surface area contributed by atoms with Gasteiger partial charge >= 0.3 is 0 Å². The minimum absolute atomic E-state index is 0.106. The van der Waals surface area contributed by atoms with Gasteiger partial charge in [-0.05, 0) is 19.9 Å². The number of carbonyl (C=O) groups is 2. The number of rotatable bonds is 1. The van der Waals surface area contributed by atoms with E-state index in [1.54, 1.807) is 0 Å². The van der Waals surface area contributed by atoms with Crippen LogP contribution in [0.5, 0.6) is 0 Å². The maximum atomic E-state index is 11.8. The molecule has 0 aliphatic carbocycles. The molecular weight excluding hydrogens is 222 g/mol. The van der Waals surface area contributed by atoms with E-state index in [1.165, 1.54) is 0 Å². The molecule has 0 spiro atoms. The maximum absolute atomic E-state index is 11.8. The molecule has 0 N–H and O–H groups in total. The highest BCUT2D eigenvalue weighted by atomic mass is 16.5. The lowest BCUT2D eigenvalue weighted by Crippen LogP contribution is -2.61. The van der Waals surface area contributed by atoms with Crippen molar-refractivity contribution in [1.82, 2.24) is 9.80 Å². The molecule has 0 radical (unpaired) electrons. The molecule has 2 aliphatic rings. The van der Waals surface area contributed by atoms with Crippen LogP contribution in [0.1, 0.15) is 12.8 Å². The molecule has 2 saturated heterocycles. The van der Waals surface area contributed by atoms with Gasteiger partial charge in [0.15, 0.2) is 0 Å². The van der Waals surface area contributed by atoms with Crippen LogP contribution in [0.25, 0.3) is 0 Å². The van der Waals surface area contributed by atoms with Crippen LogP contribution < -0.4 is 0 Å². The van der Waals surface area contributed by atoms with Crippen LogP contribution in [0, 0.1) is 11.3 Å². The molecule has 17 heavy (non-hydrogen) atoms. The highest BCUT2D eigenvalue weighted by Gasteiger charge is 2.46. The van der Waals surface area contributed by atoms with Gasteiger partial charge in [0.1, 0.15) is 18.8 Å². The van der Waals surface area contributed by atoms with Crippen molar-refractivity contribution < 1.29 is 14.3 Å². The molecule has 0 unspecified atom stereocenters. The van der Waals surface area contributed by atoms with Crippen LogP contribution in [0.3, 0.4) is 0 Å². The van der Waals surface area contributed by atoms with Gasteiger partial charge in [-0.25, -0.2) is 0 Å². The molecule has 6 heteroatoms. The lowest BCUT2D eigenvalue weighted by molar-refractivity contribution is -0.165. The lowest BCUT2D eigenvalue weighted by Gasteiger charge is -2.43. The molecule has 6 nitrogen and oxygen atoms in total. The number of imide groups is 1. The Bertz CT molecular complexity index is 364. The number of hydrogen-bond acceptors (Lipinski definition) is 5. The van der Waals surface area contributed by atoms with E-state index in [9.17, 15) is 14.9 Å². The Morgan fingerprint density at radius 2 is 1.76 bits per heavy atom. The fraction of sp³-hybridized carbons (Fsp3) is 0.727. The predicted octanol–water partition coefficient (Wildman–Crippen LogP) is -0.640. The van der Waals surface area contributed by atoms with Crippen LogP contribution in [0.4, 0.5) is 0 Å². The first-order valence-electron chi connectivity index (χ1n) is 5.62. The molecular formula is C11H15N3O3. The van der Waals surface area contributed by atoms with Gasteiger partial charge in [-0.1, -0.05) is 0 Å². The summed E-state index contributed by atoms with van der Waals surface area (Å²) in [6.07, 6.45) is 1.02. The molecule has 0 atom stereocenters. The fourth-order valence-corrected chi connectivity index (χ4v) is 2.35. The monoisotopic (exact) mass is 237 g/mol. The normalized spacial score (nSPS) is 25.8. The molecule has 2 aliphatic heterocycles. The van der Waals surface area contributed by atoms with Crippen molar-refractivity contribution in [2.75, 3.05) is 33.4 Å². The lowest BCUT2D eigenvalue weighted by atomic mass is 9.86. The second-order valence-corrected chi connectivity index (χ2v) is 4.56. The Balaban J connectivity index is 2.25. The number of piperidine rings is 1.